The first-order chi connectivity index (χ1) is 8.29. The highest BCUT2D eigenvalue weighted by Gasteiger charge is 2.15. The first-order valence-corrected chi connectivity index (χ1v) is 6.65. The highest BCUT2D eigenvalue weighted by atomic mass is 15.2. The van der Waals surface area contributed by atoms with Gasteiger partial charge in [0.15, 0.2) is 0 Å². The molecule has 0 atom stereocenters. The molecule has 0 spiro atoms. The molecule has 17 heavy (non-hydrogen) atoms. The quantitative estimate of drug-likeness (QED) is 0.869. The van der Waals surface area contributed by atoms with Crippen molar-refractivity contribution < 1.29 is 0 Å². The molecule has 0 saturated heterocycles. The molecule has 1 aliphatic rings. The van der Waals surface area contributed by atoms with Gasteiger partial charge in [0, 0.05) is 26.3 Å². The van der Waals surface area contributed by atoms with Crippen LogP contribution in [0.25, 0.3) is 0 Å². The summed E-state index contributed by atoms with van der Waals surface area (Å²) in [7, 11) is 2.14. The molecule has 1 heterocycles. The Labute approximate surface area is 104 Å². The van der Waals surface area contributed by atoms with E-state index in [1.165, 1.54) is 32.1 Å². The molecule has 1 saturated carbocycles. The summed E-state index contributed by atoms with van der Waals surface area (Å²) in [4.78, 5) is 6.73. The fourth-order valence-electron chi connectivity index (χ4n) is 2.61. The standard InChI is InChI=1S/C14H23N3/c1-17(11-12-5-3-2-4-6-12)14-8-7-13(9-15)10-16-14/h7-8,10,12H,2-6,9,11,15H2,1H3. The van der Waals surface area contributed by atoms with Gasteiger partial charge in [-0.15, -0.1) is 0 Å². The van der Waals surface area contributed by atoms with Gasteiger partial charge >= 0.3 is 0 Å². The molecule has 1 aromatic heterocycles. The molecule has 2 rings (SSSR count). The topological polar surface area (TPSA) is 42.1 Å². The Morgan fingerprint density at radius 1 is 1.29 bits per heavy atom. The molecule has 2 N–H and O–H groups in total. The Morgan fingerprint density at radius 2 is 2.06 bits per heavy atom. The minimum Gasteiger partial charge on any atom is -0.359 e. The lowest BCUT2D eigenvalue weighted by atomic mass is 9.89. The lowest BCUT2D eigenvalue weighted by Crippen LogP contribution is -2.27. The Bertz CT molecular complexity index is 328. The van der Waals surface area contributed by atoms with Gasteiger partial charge in [0.2, 0.25) is 0 Å². The molecule has 3 heteroatoms. The maximum atomic E-state index is 5.57. The van der Waals surface area contributed by atoms with Crippen LogP contribution in [-0.2, 0) is 6.54 Å². The van der Waals surface area contributed by atoms with Gasteiger partial charge < -0.3 is 10.6 Å². The molecule has 1 aromatic rings. The minimum absolute atomic E-state index is 0.569. The molecular weight excluding hydrogens is 210 g/mol. The monoisotopic (exact) mass is 233 g/mol. The second-order valence-electron chi connectivity index (χ2n) is 5.11. The summed E-state index contributed by atoms with van der Waals surface area (Å²) >= 11 is 0. The molecule has 0 radical (unpaired) electrons. The Hall–Kier alpha value is -1.09. The molecular formula is C14H23N3. The van der Waals surface area contributed by atoms with E-state index >= 15 is 0 Å². The summed E-state index contributed by atoms with van der Waals surface area (Å²) < 4.78 is 0. The number of nitrogens with two attached hydrogens (primary N) is 1. The third-order valence-corrected chi connectivity index (χ3v) is 3.69. The highest BCUT2D eigenvalue weighted by molar-refractivity contribution is 5.38. The van der Waals surface area contributed by atoms with Crippen LogP contribution < -0.4 is 10.6 Å². The summed E-state index contributed by atoms with van der Waals surface area (Å²) in [5.41, 5.74) is 6.67. The maximum Gasteiger partial charge on any atom is 0.128 e. The average molecular weight is 233 g/mol. The predicted molar refractivity (Wildman–Crippen MR) is 72.0 cm³/mol. The average Bonchev–Trinajstić information content (AvgIpc) is 2.40. The van der Waals surface area contributed by atoms with Crippen LogP contribution in [0.4, 0.5) is 5.82 Å². The van der Waals surface area contributed by atoms with Crippen molar-refractivity contribution in [1.29, 1.82) is 0 Å². The molecule has 0 aliphatic heterocycles. The van der Waals surface area contributed by atoms with Crippen LogP contribution in [-0.4, -0.2) is 18.6 Å². The Kier molecular flexibility index (Phi) is 4.37. The molecule has 1 aliphatic carbocycles. The largest absolute Gasteiger partial charge is 0.359 e. The fraction of sp³-hybridized carbons (Fsp3) is 0.643. The normalized spacial score (nSPS) is 17.1. The van der Waals surface area contributed by atoms with Crippen molar-refractivity contribution in [2.24, 2.45) is 11.7 Å². The number of hydrogen-bond donors (Lipinski definition) is 1. The Morgan fingerprint density at radius 3 is 2.65 bits per heavy atom. The van der Waals surface area contributed by atoms with Gasteiger partial charge in [0.25, 0.3) is 0 Å². The van der Waals surface area contributed by atoms with Gasteiger partial charge in [0.1, 0.15) is 5.82 Å². The molecule has 94 valence electrons. The summed E-state index contributed by atoms with van der Waals surface area (Å²) in [6.45, 7) is 1.70. The molecule has 0 aromatic carbocycles. The zero-order chi connectivity index (χ0) is 12.1. The number of pyridine rings is 1. The zero-order valence-corrected chi connectivity index (χ0v) is 10.7. The van der Waals surface area contributed by atoms with E-state index in [1.807, 2.05) is 6.20 Å². The van der Waals surface area contributed by atoms with Crippen molar-refractivity contribution in [3.63, 3.8) is 0 Å². The minimum atomic E-state index is 0.569. The van der Waals surface area contributed by atoms with E-state index < -0.39 is 0 Å². The fourth-order valence-corrected chi connectivity index (χ4v) is 2.61. The molecule has 0 bridgehead atoms. The van der Waals surface area contributed by atoms with Crippen molar-refractivity contribution in [3.05, 3.63) is 23.9 Å². The third kappa shape index (κ3) is 3.43. The second-order valence-corrected chi connectivity index (χ2v) is 5.11. The molecule has 1 fully saturated rings. The second kappa shape index (κ2) is 6.01. The van der Waals surface area contributed by atoms with E-state index in [-0.39, 0.29) is 0 Å². The zero-order valence-electron chi connectivity index (χ0n) is 10.7. The summed E-state index contributed by atoms with van der Waals surface area (Å²) in [6.07, 6.45) is 8.86. The number of aromatic nitrogens is 1. The van der Waals surface area contributed by atoms with Crippen molar-refractivity contribution >= 4 is 5.82 Å². The van der Waals surface area contributed by atoms with E-state index in [4.69, 9.17) is 5.73 Å². The first-order valence-electron chi connectivity index (χ1n) is 6.65. The van der Waals surface area contributed by atoms with Crippen LogP contribution in [0.5, 0.6) is 0 Å². The van der Waals surface area contributed by atoms with Gasteiger partial charge in [0.05, 0.1) is 0 Å². The third-order valence-electron chi connectivity index (χ3n) is 3.69. The van der Waals surface area contributed by atoms with E-state index in [0.717, 1.165) is 23.8 Å². The van der Waals surface area contributed by atoms with Crippen LogP contribution in [0.2, 0.25) is 0 Å². The number of anilines is 1. The van der Waals surface area contributed by atoms with Crippen molar-refractivity contribution in [3.8, 4) is 0 Å². The molecule has 0 amide bonds. The van der Waals surface area contributed by atoms with E-state index in [0.29, 0.717) is 6.54 Å². The maximum absolute atomic E-state index is 5.57. The van der Waals surface area contributed by atoms with Gasteiger partial charge in [-0.2, -0.15) is 0 Å². The van der Waals surface area contributed by atoms with Crippen molar-refractivity contribution in [2.45, 2.75) is 38.6 Å². The first kappa shape index (κ1) is 12.4. The number of rotatable bonds is 4. The lowest BCUT2D eigenvalue weighted by molar-refractivity contribution is 0.361. The van der Waals surface area contributed by atoms with Crippen LogP contribution in [0.15, 0.2) is 18.3 Å². The number of hydrogen-bond acceptors (Lipinski definition) is 3. The van der Waals surface area contributed by atoms with E-state index in [9.17, 15) is 0 Å². The van der Waals surface area contributed by atoms with Gasteiger partial charge in [-0.1, -0.05) is 25.3 Å². The SMILES string of the molecule is CN(CC1CCCCC1)c1ccc(CN)cn1. The van der Waals surface area contributed by atoms with Gasteiger partial charge in [-0.05, 0) is 30.4 Å². The smallest absolute Gasteiger partial charge is 0.128 e. The van der Waals surface area contributed by atoms with Crippen LogP contribution >= 0.6 is 0 Å². The summed E-state index contributed by atoms with van der Waals surface area (Å²) in [6, 6.07) is 4.14. The summed E-state index contributed by atoms with van der Waals surface area (Å²) in [5, 5.41) is 0. The highest BCUT2D eigenvalue weighted by Crippen LogP contribution is 2.25. The predicted octanol–water partition coefficient (Wildman–Crippen LogP) is 2.56. The van der Waals surface area contributed by atoms with E-state index in [2.05, 4.69) is 29.1 Å². The van der Waals surface area contributed by atoms with Gasteiger partial charge in [-0.25, -0.2) is 4.98 Å². The van der Waals surface area contributed by atoms with E-state index in [1.54, 1.807) is 0 Å². The van der Waals surface area contributed by atoms with Crippen LogP contribution in [0.1, 0.15) is 37.7 Å². The van der Waals surface area contributed by atoms with Gasteiger partial charge in [-0.3, -0.25) is 0 Å². The Balaban J connectivity index is 1.91. The van der Waals surface area contributed by atoms with Crippen LogP contribution in [0, 0.1) is 5.92 Å². The molecule has 0 unspecified atom stereocenters. The van der Waals surface area contributed by atoms with Crippen molar-refractivity contribution in [2.75, 3.05) is 18.5 Å². The summed E-state index contributed by atoms with van der Waals surface area (Å²) in [5.74, 6) is 1.91. The van der Waals surface area contributed by atoms with Crippen molar-refractivity contribution in [1.82, 2.24) is 4.98 Å². The number of nitrogens with zero attached hydrogens (tertiary/aromatic N) is 2. The van der Waals surface area contributed by atoms with Crippen LogP contribution in [0.3, 0.4) is 0 Å². The lowest BCUT2D eigenvalue weighted by Gasteiger charge is -2.27. The molecule has 3 nitrogen and oxygen atoms in total.